The lowest BCUT2D eigenvalue weighted by atomic mass is 10.1. The molecule has 5 nitrogen and oxygen atoms in total. The van der Waals surface area contributed by atoms with Gasteiger partial charge in [-0.15, -0.1) is 11.3 Å². The lowest BCUT2D eigenvalue weighted by Crippen LogP contribution is -2.30. The van der Waals surface area contributed by atoms with Crippen LogP contribution < -0.4 is 5.32 Å². The van der Waals surface area contributed by atoms with E-state index in [-0.39, 0.29) is 24.1 Å². The number of hydrogen-bond acceptors (Lipinski definition) is 4. The van der Waals surface area contributed by atoms with Gasteiger partial charge in [-0.1, -0.05) is 18.2 Å². The van der Waals surface area contributed by atoms with Crippen LogP contribution in [0, 0.1) is 5.82 Å². The van der Waals surface area contributed by atoms with E-state index in [0.29, 0.717) is 40.6 Å². The summed E-state index contributed by atoms with van der Waals surface area (Å²) in [5, 5.41) is 5.27. The van der Waals surface area contributed by atoms with Gasteiger partial charge in [0.25, 0.3) is 5.91 Å². The van der Waals surface area contributed by atoms with E-state index < -0.39 is 0 Å². The first-order valence-electron chi connectivity index (χ1n) is 9.39. The molecule has 0 radical (unpaired) electrons. The third-order valence-electron chi connectivity index (χ3n) is 4.41. The Morgan fingerprint density at radius 2 is 1.86 bits per heavy atom. The number of amides is 2. The van der Waals surface area contributed by atoms with Crippen molar-refractivity contribution in [3.8, 4) is 10.6 Å². The molecule has 0 saturated carbocycles. The van der Waals surface area contributed by atoms with Gasteiger partial charge in [0.15, 0.2) is 0 Å². The second kappa shape index (κ2) is 9.43. The van der Waals surface area contributed by atoms with Crippen LogP contribution in [0.4, 0.5) is 10.1 Å². The molecular formula is C22H22FN3O2S. The van der Waals surface area contributed by atoms with Gasteiger partial charge in [0.1, 0.15) is 10.8 Å². The molecule has 0 bridgehead atoms. The number of anilines is 1. The van der Waals surface area contributed by atoms with Gasteiger partial charge in [-0.05, 0) is 44.2 Å². The molecule has 7 heteroatoms. The fraction of sp³-hybridized carbons (Fsp3) is 0.227. The van der Waals surface area contributed by atoms with E-state index in [2.05, 4.69) is 10.3 Å². The fourth-order valence-electron chi connectivity index (χ4n) is 2.94. The zero-order valence-corrected chi connectivity index (χ0v) is 17.1. The Balaban J connectivity index is 1.66. The number of nitrogens with zero attached hydrogens (tertiary/aromatic N) is 2. The minimum Gasteiger partial charge on any atom is -0.339 e. The smallest absolute Gasteiger partial charge is 0.253 e. The van der Waals surface area contributed by atoms with Crippen molar-refractivity contribution in [1.29, 1.82) is 0 Å². The minimum absolute atomic E-state index is 0.0645. The molecule has 1 aromatic heterocycles. The molecule has 0 spiro atoms. The predicted molar refractivity (Wildman–Crippen MR) is 114 cm³/mol. The highest BCUT2D eigenvalue weighted by atomic mass is 32.1. The fourth-order valence-corrected chi connectivity index (χ4v) is 3.75. The minimum atomic E-state index is -0.323. The van der Waals surface area contributed by atoms with Crippen LogP contribution in [0.25, 0.3) is 10.6 Å². The van der Waals surface area contributed by atoms with E-state index in [0.717, 1.165) is 0 Å². The summed E-state index contributed by atoms with van der Waals surface area (Å²) >= 11 is 1.37. The Bertz CT molecular complexity index is 1010. The van der Waals surface area contributed by atoms with Crippen molar-refractivity contribution in [3.63, 3.8) is 0 Å². The van der Waals surface area contributed by atoms with Crippen LogP contribution in [0.1, 0.15) is 29.9 Å². The number of carbonyl (C=O) groups is 2. The zero-order chi connectivity index (χ0) is 20.8. The van der Waals surface area contributed by atoms with E-state index in [9.17, 15) is 14.0 Å². The van der Waals surface area contributed by atoms with E-state index in [4.69, 9.17) is 0 Å². The molecule has 2 amide bonds. The number of hydrogen-bond donors (Lipinski definition) is 1. The highest BCUT2D eigenvalue weighted by molar-refractivity contribution is 7.13. The molecule has 2 aromatic carbocycles. The predicted octanol–water partition coefficient (Wildman–Crippen LogP) is 4.61. The molecule has 0 unspecified atom stereocenters. The summed E-state index contributed by atoms with van der Waals surface area (Å²) in [5.41, 5.74) is 2.40. The highest BCUT2D eigenvalue weighted by Gasteiger charge is 2.14. The molecule has 1 heterocycles. The van der Waals surface area contributed by atoms with Gasteiger partial charge in [-0.2, -0.15) is 0 Å². The number of thiazole rings is 1. The van der Waals surface area contributed by atoms with Gasteiger partial charge in [0.2, 0.25) is 5.91 Å². The third-order valence-corrected chi connectivity index (χ3v) is 5.35. The van der Waals surface area contributed by atoms with Crippen LogP contribution in [0.5, 0.6) is 0 Å². The van der Waals surface area contributed by atoms with E-state index in [1.54, 1.807) is 46.7 Å². The number of benzene rings is 2. The lowest BCUT2D eigenvalue weighted by Gasteiger charge is -2.19. The summed E-state index contributed by atoms with van der Waals surface area (Å²) in [4.78, 5) is 31.0. The monoisotopic (exact) mass is 411 g/mol. The van der Waals surface area contributed by atoms with Gasteiger partial charge < -0.3 is 10.2 Å². The standard InChI is InChI=1S/C22H22FN3O2S/c1-3-26(4-2)22(28)16-8-6-10-18(12-16)24-20(27)13-19-14-29-21(25-19)15-7-5-9-17(23)11-15/h5-12,14H,3-4,13H2,1-2H3,(H,24,27). The maximum Gasteiger partial charge on any atom is 0.253 e. The number of rotatable bonds is 7. The Kier molecular flexibility index (Phi) is 6.72. The molecule has 1 N–H and O–H groups in total. The number of nitrogens with one attached hydrogen (secondary N) is 1. The van der Waals surface area contributed by atoms with Crippen LogP contribution in [0.3, 0.4) is 0 Å². The van der Waals surface area contributed by atoms with Crippen LogP contribution in [-0.2, 0) is 11.2 Å². The maximum absolute atomic E-state index is 13.4. The van der Waals surface area contributed by atoms with E-state index in [1.807, 2.05) is 13.8 Å². The molecule has 29 heavy (non-hydrogen) atoms. The Morgan fingerprint density at radius 1 is 1.10 bits per heavy atom. The second-order valence-corrected chi connectivity index (χ2v) is 7.30. The largest absolute Gasteiger partial charge is 0.339 e. The average Bonchev–Trinajstić information content (AvgIpc) is 3.17. The molecule has 0 aliphatic rings. The second-order valence-electron chi connectivity index (χ2n) is 6.44. The van der Waals surface area contributed by atoms with E-state index in [1.165, 1.54) is 23.5 Å². The van der Waals surface area contributed by atoms with Gasteiger partial charge in [0.05, 0.1) is 12.1 Å². The normalized spacial score (nSPS) is 10.6. The molecule has 3 rings (SSSR count). The van der Waals surface area contributed by atoms with Crippen LogP contribution in [-0.4, -0.2) is 34.8 Å². The van der Waals surface area contributed by atoms with Crippen molar-refractivity contribution >= 4 is 28.8 Å². The molecule has 150 valence electrons. The quantitative estimate of drug-likeness (QED) is 0.617. The van der Waals surface area contributed by atoms with Crippen LogP contribution >= 0.6 is 11.3 Å². The molecule has 0 saturated heterocycles. The summed E-state index contributed by atoms with van der Waals surface area (Å²) in [6.07, 6.45) is 0.0973. The maximum atomic E-state index is 13.4. The van der Waals surface area contributed by atoms with Crippen molar-refractivity contribution in [2.75, 3.05) is 18.4 Å². The van der Waals surface area contributed by atoms with E-state index >= 15 is 0 Å². The number of halogens is 1. The van der Waals surface area contributed by atoms with Gasteiger partial charge in [-0.25, -0.2) is 9.37 Å². The molecule has 0 aliphatic heterocycles. The summed E-state index contributed by atoms with van der Waals surface area (Å²) in [5.74, 6) is -0.616. The zero-order valence-electron chi connectivity index (χ0n) is 16.3. The Labute approximate surface area is 173 Å². The summed E-state index contributed by atoms with van der Waals surface area (Å²) in [6, 6.07) is 13.1. The number of carbonyl (C=O) groups excluding carboxylic acids is 2. The Morgan fingerprint density at radius 3 is 2.59 bits per heavy atom. The molecule has 3 aromatic rings. The van der Waals surface area contributed by atoms with Crippen molar-refractivity contribution in [3.05, 3.63) is 71.0 Å². The first kappa shape index (κ1) is 20.7. The average molecular weight is 412 g/mol. The topological polar surface area (TPSA) is 62.3 Å². The van der Waals surface area contributed by atoms with Crippen molar-refractivity contribution < 1.29 is 14.0 Å². The lowest BCUT2D eigenvalue weighted by molar-refractivity contribution is -0.115. The Hall–Kier alpha value is -3.06. The molecule has 0 fully saturated rings. The van der Waals surface area contributed by atoms with Gasteiger partial charge >= 0.3 is 0 Å². The summed E-state index contributed by atoms with van der Waals surface area (Å²) < 4.78 is 13.4. The van der Waals surface area contributed by atoms with Crippen molar-refractivity contribution in [2.45, 2.75) is 20.3 Å². The number of aromatic nitrogens is 1. The SMILES string of the molecule is CCN(CC)C(=O)c1cccc(NC(=O)Cc2csc(-c3cccc(F)c3)n2)c1. The van der Waals surface area contributed by atoms with Crippen molar-refractivity contribution in [2.24, 2.45) is 0 Å². The van der Waals surface area contributed by atoms with Crippen LogP contribution in [0.15, 0.2) is 53.9 Å². The molecule has 0 atom stereocenters. The summed E-state index contributed by atoms with van der Waals surface area (Å²) in [6.45, 7) is 5.12. The first-order chi connectivity index (χ1) is 14.0. The first-order valence-corrected chi connectivity index (χ1v) is 10.3. The van der Waals surface area contributed by atoms with Crippen molar-refractivity contribution in [1.82, 2.24) is 9.88 Å². The molecule has 0 aliphatic carbocycles. The van der Waals surface area contributed by atoms with Gasteiger partial charge in [-0.3, -0.25) is 9.59 Å². The molecular weight excluding hydrogens is 389 g/mol. The highest BCUT2D eigenvalue weighted by Crippen LogP contribution is 2.24. The third kappa shape index (κ3) is 5.26. The summed E-state index contributed by atoms with van der Waals surface area (Å²) in [7, 11) is 0. The van der Waals surface area contributed by atoms with Gasteiger partial charge in [0, 0.05) is 35.3 Å². The van der Waals surface area contributed by atoms with Crippen LogP contribution in [0.2, 0.25) is 0 Å².